The smallest absolute Gasteiger partial charge is 0.293 e. The molecule has 0 aliphatic rings. The van der Waals surface area contributed by atoms with Gasteiger partial charge in [0.05, 0.1) is 0 Å². The van der Waals surface area contributed by atoms with Gasteiger partial charge in [0.2, 0.25) is 5.82 Å². The molecule has 3 rings (SSSR count). The third kappa shape index (κ3) is 4.04. The molecule has 0 fully saturated rings. The predicted octanol–water partition coefficient (Wildman–Crippen LogP) is 3.40. The van der Waals surface area contributed by atoms with Crippen molar-refractivity contribution in [1.82, 2.24) is 24.5 Å². The first kappa shape index (κ1) is 18.0. The first-order valence-electron chi connectivity index (χ1n) is 8.80. The number of nitrogens with zero attached hydrogens (tertiary/aromatic N) is 5. The van der Waals surface area contributed by atoms with Gasteiger partial charge >= 0.3 is 0 Å². The Balaban J connectivity index is 1.84. The Morgan fingerprint density at radius 2 is 1.96 bits per heavy atom. The van der Waals surface area contributed by atoms with Gasteiger partial charge < -0.3 is 4.90 Å². The van der Waals surface area contributed by atoms with Gasteiger partial charge in [-0.2, -0.15) is 4.98 Å². The number of aryl methyl sites for hydroxylation is 1. The van der Waals surface area contributed by atoms with Crippen molar-refractivity contribution >= 4 is 11.7 Å². The first-order chi connectivity index (χ1) is 12.6. The molecule has 136 valence electrons. The molecule has 0 atom stereocenters. The number of unbranched alkanes of at least 4 members (excludes halogenated alkanes) is 2. The minimum Gasteiger partial charge on any atom is -0.332 e. The maximum atomic E-state index is 13.1. The van der Waals surface area contributed by atoms with E-state index in [9.17, 15) is 9.18 Å². The monoisotopic (exact) mass is 355 g/mol. The Hall–Kier alpha value is -2.83. The summed E-state index contributed by atoms with van der Waals surface area (Å²) < 4.78 is 14.7. The van der Waals surface area contributed by atoms with Gasteiger partial charge in [0.25, 0.3) is 11.7 Å². The Morgan fingerprint density at radius 1 is 1.19 bits per heavy atom. The molecule has 0 radical (unpaired) electrons. The summed E-state index contributed by atoms with van der Waals surface area (Å²) in [6.07, 6.45) is 4.64. The number of carbonyl (C=O) groups excluding carboxylic acids is 1. The average molecular weight is 355 g/mol. The number of rotatable bonds is 7. The predicted molar refractivity (Wildman–Crippen MR) is 96.2 cm³/mol. The van der Waals surface area contributed by atoms with Crippen molar-refractivity contribution in [3.05, 3.63) is 59.4 Å². The summed E-state index contributed by atoms with van der Waals surface area (Å²) in [7, 11) is 0. The van der Waals surface area contributed by atoms with Gasteiger partial charge in [-0.25, -0.2) is 13.9 Å². The van der Waals surface area contributed by atoms with E-state index in [0.29, 0.717) is 18.9 Å². The van der Waals surface area contributed by atoms with E-state index in [1.807, 2.05) is 13.0 Å². The van der Waals surface area contributed by atoms with Gasteiger partial charge in [-0.05, 0) is 37.1 Å². The average Bonchev–Trinajstić information content (AvgIpc) is 3.08. The van der Waals surface area contributed by atoms with Crippen molar-refractivity contribution < 1.29 is 9.18 Å². The van der Waals surface area contributed by atoms with E-state index in [1.54, 1.807) is 27.7 Å². The molecule has 0 saturated heterocycles. The molecule has 0 N–H and O–H groups in total. The lowest BCUT2D eigenvalue weighted by atomic mass is 10.2. The lowest BCUT2D eigenvalue weighted by Crippen LogP contribution is -2.32. The SMILES string of the molecule is CCCCCN(Cc1ccc(F)cc1)C(=O)c1nc2nccc(C)n2n1. The van der Waals surface area contributed by atoms with Crippen LogP contribution in [0.1, 0.15) is 48.1 Å². The fourth-order valence-corrected chi connectivity index (χ4v) is 2.75. The molecule has 1 aromatic carbocycles. The van der Waals surface area contributed by atoms with Crippen molar-refractivity contribution in [2.75, 3.05) is 6.54 Å². The number of carbonyl (C=O) groups is 1. The van der Waals surface area contributed by atoms with Gasteiger partial charge in [-0.3, -0.25) is 4.79 Å². The van der Waals surface area contributed by atoms with Crippen molar-refractivity contribution in [1.29, 1.82) is 0 Å². The highest BCUT2D eigenvalue weighted by Crippen LogP contribution is 2.12. The van der Waals surface area contributed by atoms with Crippen LogP contribution in [0.15, 0.2) is 36.5 Å². The molecule has 0 spiro atoms. The number of hydrogen-bond acceptors (Lipinski definition) is 4. The molecule has 6 nitrogen and oxygen atoms in total. The molecule has 0 saturated carbocycles. The zero-order chi connectivity index (χ0) is 18.5. The number of fused-ring (bicyclic) bond motifs is 1. The van der Waals surface area contributed by atoms with Crippen LogP contribution in [0.4, 0.5) is 4.39 Å². The summed E-state index contributed by atoms with van der Waals surface area (Å²) >= 11 is 0. The molecule has 0 bridgehead atoms. The van der Waals surface area contributed by atoms with Gasteiger partial charge in [0.15, 0.2) is 0 Å². The highest BCUT2D eigenvalue weighted by Gasteiger charge is 2.21. The number of halogens is 1. The number of hydrogen-bond donors (Lipinski definition) is 0. The van der Waals surface area contributed by atoms with E-state index in [2.05, 4.69) is 22.0 Å². The van der Waals surface area contributed by atoms with Crippen molar-refractivity contribution in [2.24, 2.45) is 0 Å². The number of benzene rings is 1. The standard InChI is InChI=1S/C19H22FN5O/c1-3-4-5-12-24(13-15-6-8-16(20)9-7-15)18(26)17-22-19-21-11-10-14(2)25(19)23-17/h6-11H,3-5,12-13H2,1-2H3. The van der Waals surface area contributed by atoms with Crippen LogP contribution in [0.5, 0.6) is 0 Å². The van der Waals surface area contributed by atoms with Crippen LogP contribution in [0.3, 0.4) is 0 Å². The minimum atomic E-state index is -0.291. The Labute approximate surface area is 151 Å². The summed E-state index contributed by atoms with van der Waals surface area (Å²) in [5.74, 6) is 0.00514. The second kappa shape index (κ2) is 8.03. The van der Waals surface area contributed by atoms with Crippen LogP contribution in [-0.4, -0.2) is 36.9 Å². The quantitative estimate of drug-likeness (QED) is 0.609. The van der Waals surface area contributed by atoms with Crippen LogP contribution in [0.2, 0.25) is 0 Å². The Bertz CT molecular complexity index is 891. The number of amides is 1. The normalized spacial score (nSPS) is 11.0. The summed E-state index contributed by atoms with van der Waals surface area (Å²) in [5.41, 5.74) is 1.73. The molecular weight excluding hydrogens is 333 g/mol. The van der Waals surface area contributed by atoms with E-state index in [-0.39, 0.29) is 17.5 Å². The largest absolute Gasteiger partial charge is 0.332 e. The summed E-state index contributed by atoms with van der Waals surface area (Å²) in [5, 5.41) is 4.31. The molecule has 26 heavy (non-hydrogen) atoms. The van der Waals surface area contributed by atoms with Crippen molar-refractivity contribution in [3.63, 3.8) is 0 Å². The van der Waals surface area contributed by atoms with Crippen LogP contribution in [0, 0.1) is 12.7 Å². The fraction of sp³-hybridized carbons (Fsp3) is 0.368. The molecule has 7 heteroatoms. The topological polar surface area (TPSA) is 63.4 Å². The maximum absolute atomic E-state index is 13.1. The second-order valence-electron chi connectivity index (χ2n) is 6.29. The van der Waals surface area contributed by atoms with Gasteiger partial charge in [0.1, 0.15) is 5.82 Å². The van der Waals surface area contributed by atoms with Crippen LogP contribution in [0.25, 0.3) is 5.78 Å². The second-order valence-corrected chi connectivity index (χ2v) is 6.29. The Kier molecular flexibility index (Phi) is 5.55. The molecular formula is C19H22FN5O. The Morgan fingerprint density at radius 3 is 2.65 bits per heavy atom. The lowest BCUT2D eigenvalue weighted by Gasteiger charge is -2.21. The molecule has 2 heterocycles. The van der Waals surface area contributed by atoms with Gasteiger partial charge in [0, 0.05) is 25.0 Å². The molecule has 2 aromatic heterocycles. The first-order valence-corrected chi connectivity index (χ1v) is 8.80. The van der Waals surface area contributed by atoms with E-state index in [1.165, 1.54) is 12.1 Å². The van der Waals surface area contributed by atoms with Crippen molar-refractivity contribution in [2.45, 2.75) is 39.7 Å². The molecule has 1 amide bonds. The number of aromatic nitrogens is 4. The maximum Gasteiger partial charge on any atom is 0.293 e. The zero-order valence-corrected chi connectivity index (χ0v) is 15.0. The van der Waals surface area contributed by atoms with Crippen LogP contribution < -0.4 is 0 Å². The van der Waals surface area contributed by atoms with E-state index in [4.69, 9.17) is 0 Å². The fourth-order valence-electron chi connectivity index (χ4n) is 2.75. The molecule has 0 aliphatic carbocycles. The zero-order valence-electron chi connectivity index (χ0n) is 15.0. The third-order valence-corrected chi connectivity index (χ3v) is 4.23. The van der Waals surface area contributed by atoms with Crippen LogP contribution in [-0.2, 0) is 6.54 Å². The van der Waals surface area contributed by atoms with Crippen LogP contribution >= 0.6 is 0 Å². The molecule has 3 aromatic rings. The molecule has 0 aliphatic heterocycles. The summed E-state index contributed by atoms with van der Waals surface area (Å²) in [4.78, 5) is 23.1. The highest BCUT2D eigenvalue weighted by atomic mass is 19.1. The van der Waals surface area contributed by atoms with E-state index in [0.717, 1.165) is 30.5 Å². The van der Waals surface area contributed by atoms with E-state index < -0.39 is 0 Å². The third-order valence-electron chi connectivity index (χ3n) is 4.23. The van der Waals surface area contributed by atoms with E-state index >= 15 is 0 Å². The minimum absolute atomic E-state index is 0.130. The lowest BCUT2D eigenvalue weighted by molar-refractivity contribution is 0.0728. The van der Waals surface area contributed by atoms with Crippen molar-refractivity contribution in [3.8, 4) is 0 Å². The highest BCUT2D eigenvalue weighted by molar-refractivity contribution is 5.90. The summed E-state index contributed by atoms with van der Waals surface area (Å²) in [6, 6.07) is 8.00. The van der Waals surface area contributed by atoms with Gasteiger partial charge in [-0.15, -0.1) is 5.10 Å². The van der Waals surface area contributed by atoms with Gasteiger partial charge in [-0.1, -0.05) is 31.9 Å². The summed E-state index contributed by atoms with van der Waals surface area (Å²) in [6.45, 7) is 5.00. The molecule has 0 unspecified atom stereocenters.